The molecule has 0 aliphatic heterocycles. The first-order valence-electron chi connectivity index (χ1n) is 6.75. The summed E-state index contributed by atoms with van der Waals surface area (Å²) >= 11 is 0. The van der Waals surface area contributed by atoms with E-state index >= 15 is 0 Å². The summed E-state index contributed by atoms with van der Waals surface area (Å²) < 4.78 is 36.2. The fourth-order valence-electron chi connectivity index (χ4n) is 2.03. The monoisotopic (exact) mass is 302 g/mol. The smallest absolute Gasteiger partial charge is 0.354 e. The molecule has 0 aliphatic rings. The summed E-state index contributed by atoms with van der Waals surface area (Å²) in [5.41, 5.74) is 2.12. The molecule has 1 atom stereocenters. The van der Waals surface area contributed by atoms with Crippen LogP contribution in [0, 0.1) is 6.92 Å². The predicted molar refractivity (Wildman–Crippen MR) is 75.9 cm³/mol. The number of hydrogen-bond donors (Lipinski definition) is 1. The predicted octanol–water partition coefficient (Wildman–Crippen LogP) is 3.06. The second-order valence-electron chi connectivity index (χ2n) is 5.31. The first-order valence-corrected chi connectivity index (χ1v) is 6.75. The van der Waals surface area contributed by atoms with Crippen molar-refractivity contribution in [3.63, 3.8) is 0 Å². The quantitative estimate of drug-likeness (QED) is 0.876. The third-order valence-electron chi connectivity index (χ3n) is 3.18. The SMILES string of the molecule is Cc1cccc([C@H](CNC(=O)CCC(F)(F)F)N(C)C)c1. The molecular weight excluding hydrogens is 281 g/mol. The number of alkyl halides is 3. The molecule has 0 unspecified atom stereocenters. The Morgan fingerprint density at radius 2 is 2.00 bits per heavy atom. The van der Waals surface area contributed by atoms with E-state index in [9.17, 15) is 18.0 Å². The van der Waals surface area contributed by atoms with E-state index < -0.39 is 24.9 Å². The van der Waals surface area contributed by atoms with Crippen LogP contribution in [0.2, 0.25) is 0 Å². The summed E-state index contributed by atoms with van der Waals surface area (Å²) in [6.07, 6.45) is -5.91. The Balaban J connectivity index is 2.58. The third kappa shape index (κ3) is 6.62. The highest BCUT2D eigenvalue weighted by molar-refractivity contribution is 5.75. The number of hydrogen-bond acceptors (Lipinski definition) is 2. The van der Waals surface area contributed by atoms with Gasteiger partial charge in [-0.15, -0.1) is 0 Å². The largest absolute Gasteiger partial charge is 0.389 e. The van der Waals surface area contributed by atoms with Gasteiger partial charge in [-0.3, -0.25) is 4.79 Å². The molecule has 1 amide bonds. The summed E-state index contributed by atoms with van der Waals surface area (Å²) in [4.78, 5) is 13.4. The van der Waals surface area contributed by atoms with Gasteiger partial charge < -0.3 is 10.2 Å². The van der Waals surface area contributed by atoms with Gasteiger partial charge in [0, 0.05) is 13.0 Å². The summed E-state index contributed by atoms with van der Waals surface area (Å²) in [6.45, 7) is 2.26. The Hall–Kier alpha value is -1.56. The number of nitrogens with one attached hydrogen (secondary N) is 1. The van der Waals surface area contributed by atoms with Gasteiger partial charge in [0.15, 0.2) is 0 Å². The van der Waals surface area contributed by atoms with Crippen molar-refractivity contribution < 1.29 is 18.0 Å². The highest BCUT2D eigenvalue weighted by atomic mass is 19.4. The van der Waals surface area contributed by atoms with E-state index in [0.717, 1.165) is 11.1 Å². The first kappa shape index (κ1) is 17.5. The van der Waals surface area contributed by atoms with Gasteiger partial charge in [0.05, 0.1) is 12.5 Å². The molecule has 0 aliphatic carbocycles. The average molecular weight is 302 g/mol. The van der Waals surface area contributed by atoms with Crippen LogP contribution in [-0.2, 0) is 4.79 Å². The molecule has 0 fully saturated rings. The molecule has 0 aromatic heterocycles. The standard InChI is InChI=1S/C15H21F3N2O/c1-11-5-4-6-12(9-11)13(20(2)3)10-19-14(21)7-8-15(16,17)18/h4-6,9,13H,7-8,10H2,1-3H3,(H,19,21)/t13-/m0/s1. The highest BCUT2D eigenvalue weighted by Crippen LogP contribution is 2.21. The summed E-state index contributed by atoms with van der Waals surface area (Å²) in [6, 6.07) is 7.77. The number of likely N-dealkylation sites (N-methyl/N-ethyl adjacent to an activating group) is 1. The van der Waals surface area contributed by atoms with E-state index in [1.165, 1.54) is 0 Å². The average Bonchev–Trinajstić information content (AvgIpc) is 2.35. The van der Waals surface area contributed by atoms with E-state index in [-0.39, 0.29) is 12.6 Å². The van der Waals surface area contributed by atoms with Crippen LogP contribution in [0.25, 0.3) is 0 Å². The lowest BCUT2D eigenvalue weighted by Crippen LogP contribution is -2.35. The maximum absolute atomic E-state index is 12.1. The molecule has 21 heavy (non-hydrogen) atoms. The minimum absolute atomic E-state index is 0.0697. The minimum atomic E-state index is -4.30. The van der Waals surface area contributed by atoms with Crippen LogP contribution in [0.1, 0.15) is 30.0 Å². The summed E-state index contributed by atoms with van der Waals surface area (Å²) in [7, 11) is 3.74. The maximum atomic E-state index is 12.1. The zero-order chi connectivity index (χ0) is 16.0. The van der Waals surface area contributed by atoms with Crippen molar-refractivity contribution in [3.05, 3.63) is 35.4 Å². The number of halogens is 3. The number of benzene rings is 1. The Kier molecular flexibility index (Phi) is 6.20. The molecule has 0 bridgehead atoms. The van der Waals surface area contributed by atoms with Gasteiger partial charge in [0.2, 0.25) is 5.91 Å². The zero-order valence-electron chi connectivity index (χ0n) is 12.5. The molecule has 0 saturated heterocycles. The fourth-order valence-corrected chi connectivity index (χ4v) is 2.03. The molecule has 1 aromatic rings. The van der Waals surface area contributed by atoms with Gasteiger partial charge in [0.25, 0.3) is 0 Å². The van der Waals surface area contributed by atoms with Gasteiger partial charge in [-0.1, -0.05) is 29.8 Å². The van der Waals surface area contributed by atoms with Gasteiger partial charge in [-0.05, 0) is 26.6 Å². The Bertz CT molecular complexity index is 472. The van der Waals surface area contributed by atoms with E-state index in [1.54, 1.807) is 0 Å². The number of carbonyl (C=O) groups is 1. The van der Waals surface area contributed by atoms with Crippen LogP contribution in [0.4, 0.5) is 13.2 Å². The van der Waals surface area contributed by atoms with E-state index in [2.05, 4.69) is 5.32 Å². The van der Waals surface area contributed by atoms with E-state index in [0.29, 0.717) is 0 Å². The normalized spacial score (nSPS) is 13.3. The minimum Gasteiger partial charge on any atom is -0.354 e. The van der Waals surface area contributed by atoms with Gasteiger partial charge in [-0.25, -0.2) is 0 Å². The molecule has 0 radical (unpaired) electrons. The highest BCUT2D eigenvalue weighted by Gasteiger charge is 2.28. The Morgan fingerprint density at radius 1 is 1.33 bits per heavy atom. The second-order valence-corrected chi connectivity index (χ2v) is 5.31. The second kappa shape index (κ2) is 7.45. The van der Waals surface area contributed by atoms with Crippen molar-refractivity contribution >= 4 is 5.91 Å². The lowest BCUT2D eigenvalue weighted by Gasteiger charge is -2.25. The van der Waals surface area contributed by atoms with E-state index in [4.69, 9.17) is 0 Å². The van der Waals surface area contributed by atoms with Gasteiger partial charge in [-0.2, -0.15) is 13.2 Å². The molecule has 0 spiro atoms. The third-order valence-corrected chi connectivity index (χ3v) is 3.18. The number of amides is 1. The Labute approximate surface area is 123 Å². The lowest BCUT2D eigenvalue weighted by molar-refractivity contribution is -0.144. The molecule has 3 nitrogen and oxygen atoms in total. The van der Waals surface area contributed by atoms with Crippen LogP contribution >= 0.6 is 0 Å². The molecule has 6 heteroatoms. The van der Waals surface area contributed by atoms with Crippen molar-refractivity contribution in [2.24, 2.45) is 0 Å². The molecule has 1 aromatic carbocycles. The zero-order valence-corrected chi connectivity index (χ0v) is 12.5. The number of carbonyl (C=O) groups excluding carboxylic acids is 1. The van der Waals surface area contributed by atoms with Crippen molar-refractivity contribution in [1.29, 1.82) is 0 Å². The van der Waals surface area contributed by atoms with Crippen molar-refractivity contribution in [2.75, 3.05) is 20.6 Å². The van der Waals surface area contributed by atoms with Crippen molar-refractivity contribution in [3.8, 4) is 0 Å². The van der Waals surface area contributed by atoms with Crippen LogP contribution in [-0.4, -0.2) is 37.6 Å². The number of nitrogens with zero attached hydrogens (tertiary/aromatic N) is 1. The molecular formula is C15H21F3N2O. The summed E-state index contributed by atoms with van der Waals surface area (Å²) in [5, 5.41) is 2.57. The molecule has 0 saturated carbocycles. The van der Waals surface area contributed by atoms with Crippen molar-refractivity contribution in [2.45, 2.75) is 32.0 Å². The van der Waals surface area contributed by atoms with Crippen LogP contribution in [0.15, 0.2) is 24.3 Å². The molecule has 1 N–H and O–H groups in total. The van der Waals surface area contributed by atoms with Crippen LogP contribution in [0.3, 0.4) is 0 Å². The fraction of sp³-hybridized carbons (Fsp3) is 0.533. The first-order chi connectivity index (χ1) is 9.69. The van der Waals surface area contributed by atoms with Gasteiger partial charge >= 0.3 is 6.18 Å². The lowest BCUT2D eigenvalue weighted by atomic mass is 10.0. The maximum Gasteiger partial charge on any atom is 0.389 e. The molecule has 118 valence electrons. The van der Waals surface area contributed by atoms with E-state index in [1.807, 2.05) is 50.2 Å². The molecule has 0 heterocycles. The van der Waals surface area contributed by atoms with Crippen LogP contribution in [0.5, 0.6) is 0 Å². The van der Waals surface area contributed by atoms with Crippen molar-refractivity contribution in [1.82, 2.24) is 10.2 Å². The number of rotatable bonds is 6. The van der Waals surface area contributed by atoms with Crippen LogP contribution < -0.4 is 5.32 Å². The van der Waals surface area contributed by atoms with Gasteiger partial charge in [0.1, 0.15) is 0 Å². The summed E-state index contributed by atoms with van der Waals surface area (Å²) in [5.74, 6) is -0.577. The Morgan fingerprint density at radius 3 is 2.52 bits per heavy atom. The molecule has 1 rings (SSSR count). The topological polar surface area (TPSA) is 32.3 Å². The number of aryl methyl sites for hydroxylation is 1.